The summed E-state index contributed by atoms with van der Waals surface area (Å²) < 4.78 is 10.4. The Labute approximate surface area is 130 Å². The quantitative estimate of drug-likeness (QED) is 0.944. The Balaban J connectivity index is 1.79. The fraction of sp³-hybridized carbons (Fsp3) is 0.471. The average Bonchev–Trinajstić information content (AvgIpc) is 2.97. The van der Waals surface area contributed by atoms with Crippen molar-refractivity contribution >= 4 is 16.8 Å². The fourth-order valence-electron chi connectivity index (χ4n) is 3.14. The van der Waals surface area contributed by atoms with Gasteiger partial charge in [-0.05, 0) is 37.0 Å². The SMILES string of the molecule is COCC1CCCN(C(=O)c2cc3ccc(OC)cc3[nH]2)C1. The van der Waals surface area contributed by atoms with Gasteiger partial charge in [0.05, 0.1) is 13.7 Å². The Bertz CT molecular complexity index is 663. The van der Waals surface area contributed by atoms with E-state index in [0.29, 0.717) is 18.2 Å². The summed E-state index contributed by atoms with van der Waals surface area (Å²) in [7, 11) is 3.35. The molecule has 1 aliphatic rings. The molecule has 0 radical (unpaired) electrons. The van der Waals surface area contributed by atoms with E-state index in [-0.39, 0.29) is 5.91 Å². The highest BCUT2D eigenvalue weighted by Crippen LogP contribution is 2.23. The molecule has 3 rings (SSSR count). The van der Waals surface area contributed by atoms with Crippen LogP contribution in [0.5, 0.6) is 5.75 Å². The van der Waals surface area contributed by atoms with Crippen LogP contribution in [0.2, 0.25) is 0 Å². The third-order valence-corrected chi connectivity index (χ3v) is 4.27. The largest absolute Gasteiger partial charge is 0.497 e. The molecular weight excluding hydrogens is 280 g/mol. The summed E-state index contributed by atoms with van der Waals surface area (Å²) in [5.41, 5.74) is 1.56. The van der Waals surface area contributed by atoms with Crippen molar-refractivity contribution in [1.82, 2.24) is 9.88 Å². The van der Waals surface area contributed by atoms with Gasteiger partial charge in [-0.1, -0.05) is 0 Å². The van der Waals surface area contributed by atoms with E-state index in [1.807, 2.05) is 29.2 Å². The molecule has 0 aliphatic carbocycles. The number of hydrogen-bond acceptors (Lipinski definition) is 3. The normalized spacial score (nSPS) is 18.6. The zero-order valence-electron chi connectivity index (χ0n) is 13.1. The van der Waals surface area contributed by atoms with E-state index in [9.17, 15) is 4.79 Å². The molecule has 1 aromatic heterocycles. The van der Waals surface area contributed by atoms with Gasteiger partial charge in [0.1, 0.15) is 11.4 Å². The molecule has 118 valence electrons. The zero-order chi connectivity index (χ0) is 15.5. The van der Waals surface area contributed by atoms with Gasteiger partial charge in [-0.3, -0.25) is 4.79 Å². The predicted molar refractivity (Wildman–Crippen MR) is 85.4 cm³/mol. The Morgan fingerprint density at radius 2 is 2.23 bits per heavy atom. The molecule has 2 heterocycles. The molecule has 1 aromatic carbocycles. The second kappa shape index (κ2) is 6.40. The molecule has 2 aromatic rings. The first-order chi connectivity index (χ1) is 10.7. The number of H-pyrrole nitrogens is 1. The number of piperidine rings is 1. The summed E-state index contributed by atoms with van der Waals surface area (Å²) in [6.45, 7) is 2.30. The lowest BCUT2D eigenvalue weighted by molar-refractivity contribution is 0.0566. The lowest BCUT2D eigenvalue weighted by Crippen LogP contribution is -2.41. The van der Waals surface area contributed by atoms with Gasteiger partial charge >= 0.3 is 0 Å². The van der Waals surface area contributed by atoms with Crippen molar-refractivity contribution in [3.8, 4) is 5.75 Å². The Hall–Kier alpha value is -2.01. The van der Waals surface area contributed by atoms with Gasteiger partial charge in [0.15, 0.2) is 0 Å². The van der Waals surface area contributed by atoms with Gasteiger partial charge in [-0.15, -0.1) is 0 Å². The minimum atomic E-state index is 0.0657. The molecule has 0 saturated carbocycles. The maximum Gasteiger partial charge on any atom is 0.270 e. The maximum atomic E-state index is 12.7. The van der Waals surface area contributed by atoms with Crippen LogP contribution >= 0.6 is 0 Å². The van der Waals surface area contributed by atoms with Crippen molar-refractivity contribution in [2.45, 2.75) is 12.8 Å². The molecule has 1 aliphatic heterocycles. The molecule has 1 fully saturated rings. The fourth-order valence-corrected chi connectivity index (χ4v) is 3.14. The molecule has 1 N–H and O–H groups in total. The molecule has 0 bridgehead atoms. The van der Waals surface area contributed by atoms with E-state index in [4.69, 9.17) is 9.47 Å². The number of carbonyl (C=O) groups excluding carboxylic acids is 1. The van der Waals surface area contributed by atoms with Crippen molar-refractivity contribution in [2.24, 2.45) is 5.92 Å². The number of aromatic amines is 1. The number of amides is 1. The third-order valence-electron chi connectivity index (χ3n) is 4.27. The molecule has 5 nitrogen and oxygen atoms in total. The topological polar surface area (TPSA) is 54.6 Å². The number of hydrogen-bond donors (Lipinski definition) is 1. The minimum Gasteiger partial charge on any atom is -0.497 e. The van der Waals surface area contributed by atoms with E-state index in [0.717, 1.165) is 42.6 Å². The highest BCUT2D eigenvalue weighted by atomic mass is 16.5. The molecule has 1 amide bonds. The number of aromatic nitrogens is 1. The maximum absolute atomic E-state index is 12.7. The molecule has 1 unspecified atom stereocenters. The molecule has 1 saturated heterocycles. The summed E-state index contributed by atoms with van der Waals surface area (Å²) in [6, 6.07) is 7.69. The second-order valence-corrected chi connectivity index (χ2v) is 5.85. The molecular formula is C17H22N2O3. The van der Waals surface area contributed by atoms with Crippen molar-refractivity contribution < 1.29 is 14.3 Å². The van der Waals surface area contributed by atoms with E-state index in [2.05, 4.69) is 4.98 Å². The number of carbonyl (C=O) groups is 1. The van der Waals surface area contributed by atoms with Crippen LogP contribution in [-0.2, 0) is 4.74 Å². The van der Waals surface area contributed by atoms with Crippen LogP contribution in [-0.4, -0.2) is 49.7 Å². The summed E-state index contributed by atoms with van der Waals surface area (Å²) in [4.78, 5) is 17.8. The Kier molecular flexibility index (Phi) is 4.34. The number of methoxy groups -OCH3 is 2. The summed E-state index contributed by atoms with van der Waals surface area (Å²) >= 11 is 0. The van der Waals surface area contributed by atoms with Crippen LogP contribution < -0.4 is 4.74 Å². The molecule has 1 atom stereocenters. The Morgan fingerprint density at radius 3 is 3.00 bits per heavy atom. The van der Waals surface area contributed by atoms with Crippen LogP contribution in [0.1, 0.15) is 23.3 Å². The summed E-state index contributed by atoms with van der Waals surface area (Å²) in [5.74, 6) is 1.29. The second-order valence-electron chi connectivity index (χ2n) is 5.85. The third kappa shape index (κ3) is 2.95. The van der Waals surface area contributed by atoms with Gasteiger partial charge in [-0.25, -0.2) is 0 Å². The highest BCUT2D eigenvalue weighted by molar-refractivity contribution is 5.98. The summed E-state index contributed by atoms with van der Waals surface area (Å²) in [5, 5.41) is 1.02. The first-order valence-electron chi connectivity index (χ1n) is 7.66. The Morgan fingerprint density at radius 1 is 1.36 bits per heavy atom. The van der Waals surface area contributed by atoms with E-state index in [1.54, 1.807) is 14.2 Å². The van der Waals surface area contributed by atoms with Crippen LogP contribution in [0.25, 0.3) is 10.9 Å². The smallest absolute Gasteiger partial charge is 0.270 e. The number of likely N-dealkylation sites (tertiary alicyclic amines) is 1. The van der Waals surface area contributed by atoms with E-state index >= 15 is 0 Å². The number of fused-ring (bicyclic) bond motifs is 1. The van der Waals surface area contributed by atoms with Gasteiger partial charge in [0, 0.05) is 37.2 Å². The van der Waals surface area contributed by atoms with Crippen molar-refractivity contribution in [2.75, 3.05) is 33.9 Å². The van der Waals surface area contributed by atoms with E-state index in [1.165, 1.54) is 0 Å². The number of benzene rings is 1. The number of ether oxygens (including phenoxy) is 2. The lowest BCUT2D eigenvalue weighted by atomic mass is 9.99. The standard InChI is InChI=1S/C17H22N2O3/c1-21-11-12-4-3-7-19(10-12)17(20)16-8-13-5-6-14(22-2)9-15(13)18-16/h5-6,8-9,12,18H,3-4,7,10-11H2,1-2H3. The van der Waals surface area contributed by atoms with Gasteiger partial charge in [0.2, 0.25) is 0 Å². The van der Waals surface area contributed by atoms with E-state index < -0.39 is 0 Å². The zero-order valence-corrected chi connectivity index (χ0v) is 13.1. The number of nitrogens with zero attached hydrogens (tertiary/aromatic N) is 1. The number of rotatable bonds is 4. The highest BCUT2D eigenvalue weighted by Gasteiger charge is 2.25. The summed E-state index contributed by atoms with van der Waals surface area (Å²) in [6.07, 6.45) is 2.16. The first-order valence-corrected chi connectivity index (χ1v) is 7.66. The minimum absolute atomic E-state index is 0.0657. The molecule has 5 heteroatoms. The lowest BCUT2D eigenvalue weighted by Gasteiger charge is -2.32. The van der Waals surface area contributed by atoms with Gasteiger partial charge < -0.3 is 19.4 Å². The van der Waals surface area contributed by atoms with Crippen molar-refractivity contribution in [3.05, 3.63) is 30.0 Å². The molecule has 0 spiro atoms. The van der Waals surface area contributed by atoms with Gasteiger partial charge in [0.25, 0.3) is 5.91 Å². The predicted octanol–water partition coefficient (Wildman–Crippen LogP) is 2.68. The average molecular weight is 302 g/mol. The van der Waals surface area contributed by atoms with Crippen molar-refractivity contribution in [1.29, 1.82) is 0 Å². The molecule has 22 heavy (non-hydrogen) atoms. The van der Waals surface area contributed by atoms with Crippen LogP contribution in [0.4, 0.5) is 0 Å². The van der Waals surface area contributed by atoms with Crippen LogP contribution in [0, 0.1) is 5.92 Å². The van der Waals surface area contributed by atoms with Crippen molar-refractivity contribution in [3.63, 3.8) is 0 Å². The number of nitrogens with one attached hydrogen (secondary N) is 1. The van der Waals surface area contributed by atoms with Gasteiger partial charge in [-0.2, -0.15) is 0 Å². The van der Waals surface area contributed by atoms with Crippen LogP contribution in [0.3, 0.4) is 0 Å². The first kappa shape index (κ1) is 14.9. The van der Waals surface area contributed by atoms with Crippen LogP contribution in [0.15, 0.2) is 24.3 Å². The monoisotopic (exact) mass is 302 g/mol.